The largest absolute Gasteiger partial charge is 0.339 e. The van der Waals surface area contributed by atoms with Gasteiger partial charge in [0, 0.05) is 17.6 Å². The Bertz CT molecular complexity index is 551. The molecular weight excluding hydrogens is 305 g/mol. The Labute approximate surface area is 122 Å². The monoisotopic (exact) mass is 321 g/mol. The molecule has 0 heterocycles. The summed E-state index contributed by atoms with van der Waals surface area (Å²) >= 11 is 3.34. The van der Waals surface area contributed by atoms with Crippen LogP contribution in [0, 0.1) is 12.7 Å². The number of anilines is 2. The van der Waals surface area contributed by atoms with Crippen molar-refractivity contribution >= 4 is 27.3 Å². The van der Waals surface area contributed by atoms with Crippen LogP contribution in [-0.4, -0.2) is 6.54 Å². The van der Waals surface area contributed by atoms with Crippen molar-refractivity contribution < 1.29 is 4.39 Å². The minimum atomic E-state index is -0.181. The van der Waals surface area contributed by atoms with Crippen LogP contribution in [-0.2, 0) is 5.33 Å². The Morgan fingerprint density at radius 2 is 1.79 bits per heavy atom. The molecule has 100 valence electrons. The van der Waals surface area contributed by atoms with Crippen LogP contribution in [0.1, 0.15) is 18.1 Å². The third-order valence-corrected chi connectivity index (χ3v) is 3.77. The molecule has 0 atom stereocenters. The number of alkyl halides is 1. The van der Waals surface area contributed by atoms with Gasteiger partial charge in [-0.05, 0) is 43.7 Å². The normalized spacial score (nSPS) is 10.5. The summed E-state index contributed by atoms with van der Waals surface area (Å²) in [4.78, 5) is 1.98. The molecule has 0 radical (unpaired) electrons. The maximum absolute atomic E-state index is 14.2. The van der Waals surface area contributed by atoms with E-state index < -0.39 is 0 Å². The van der Waals surface area contributed by atoms with E-state index in [0.717, 1.165) is 17.8 Å². The third kappa shape index (κ3) is 3.16. The fraction of sp³-hybridized carbons (Fsp3) is 0.250. The van der Waals surface area contributed by atoms with Gasteiger partial charge < -0.3 is 4.90 Å². The lowest BCUT2D eigenvalue weighted by Crippen LogP contribution is -2.17. The number of nitrogens with zero attached hydrogens (tertiary/aromatic N) is 1. The molecule has 0 aromatic heterocycles. The van der Waals surface area contributed by atoms with Crippen molar-refractivity contribution in [2.45, 2.75) is 19.2 Å². The van der Waals surface area contributed by atoms with E-state index in [9.17, 15) is 4.39 Å². The second-order valence-electron chi connectivity index (χ2n) is 4.50. The quantitative estimate of drug-likeness (QED) is 0.701. The highest BCUT2D eigenvalue weighted by atomic mass is 79.9. The van der Waals surface area contributed by atoms with E-state index in [4.69, 9.17) is 0 Å². The van der Waals surface area contributed by atoms with Crippen molar-refractivity contribution in [2.75, 3.05) is 11.4 Å². The second kappa shape index (κ2) is 6.20. The zero-order chi connectivity index (χ0) is 13.8. The molecule has 2 rings (SSSR count). The van der Waals surface area contributed by atoms with Crippen molar-refractivity contribution in [3.63, 3.8) is 0 Å². The van der Waals surface area contributed by atoms with Crippen molar-refractivity contribution in [2.24, 2.45) is 0 Å². The molecular formula is C16H17BrFN. The van der Waals surface area contributed by atoms with Crippen LogP contribution < -0.4 is 4.90 Å². The van der Waals surface area contributed by atoms with Gasteiger partial charge in [0.05, 0.1) is 5.69 Å². The van der Waals surface area contributed by atoms with E-state index in [0.29, 0.717) is 11.0 Å². The van der Waals surface area contributed by atoms with Gasteiger partial charge in [-0.2, -0.15) is 0 Å². The van der Waals surface area contributed by atoms with Crippen LogP contribution in [0.25, 0.3) is 0 Å². The molecule has 0 aliphatic rings. The van der Waals surface area contributed by atoms with E-state index in [2.05, 4.69) is 15.9 Å². The topological polar surface area (TPSA) is 3.24 Å². The Morgan fingerprint density at radius 3 is 2.32 bits per heavy atom. The molecule has 0 unspecified atom stereocenters. The SMILES string of the molecule is CCN(c1ccc(C)cc1)c1ccc(CBr)cc1F. The summed E-state index contributed by atoms with van der Waals surface area (Å²) in [5.41, 5.74) is 3.78. The van der Waals surface area contributed by atoms with E-state index in [-0.39, 0.29) is 5.82 Å². The van der Waals surface area contributed by atoms with Crippen molar-refractivity contribution in [1.82, 2.24) is 0 Å². The number of benzene rings is 2. The van der Waals surface area contributed by atoms with Crippen LogP contribution in [0.5, 0.6) is 0 Å². The first-order valence-corrected chi connectivity index (χ1v) is 7.46. The standard InChI is InChI=1S/C16H17BrFN/c1-3-19(14-7-4-12(2)5-8-14)16-9-6-13(11-17)10-15(16)18/h4-10H,3,11H2,1-2H3. The highest BCUT2D eigenvalue weighted by Crippen LogP contribution is 2.28. The lowest BCUT2D eigenvalue weighted by atomic mass is 10.1. The predicted molar refractivity (Wildman–Crippen MR) is 82.9 cm³/mol. The molecule has 1 nitrogen and oxygen atoms in total. The molecule has 0 bridgehead atoms. The maximum Gasteiger partial charge on any atom is 0.147 e. The minimum absolute atomic E-state index is 0.181. The molecule has 0 amide bonds. The zero-order valence-corrected chi connectivity index (χ0v) is 12.7. The van der Waals surface area contributed by atoms with Gasteiger partial charge in [-0.25, -0.2) is 4.39 Å². The van der Waals surface area contributed by atoms with Gasteiger partial charge in [0.2, 0.25) is 0 Å². The number of hydrogen-bond donors (Lipinski definition) is 0. The molecule has 0 fully saturated rings. The summed E-state index contributed by atoms with van der Waals surface area (Å²) < 4.78 is 14.2. The highest BCUT2D eigenvalue weighted by molar-refractivity contribution is 9.08. The molecule has 0 aliphatic carbocycles. The Balaban J connectivity index is 2.39. The summed E-state index contributed by atoms with van der Waals surface area (Å²) in [6.07, 6.45) is 0. The number of halogens is 2. The minimum Gasteiger partial charge on any atom is -0.339 e. The Morgan fingerprint density at radius 1 is 1.11 bits per heavy atom. The number of rotatable bonds is 4. The van der Waals surface area contributed by atoms with Crippen LogP contribution in [0.3, 0.4) is 0 Å². The van der Waals surface area contributed by atoms with E-state index in [1.54, 1.807) is 6.07 Å². The molecule has 2 aromatic carbocycles. The molecule has 0 spiro atoms. The van der Waals surface area contributed by atoms with Gasteiger partial charge in [-0.1, -0.05) is 39.7 Å². The number of aryl methyl sites for hydroxylation is 1. The third-order valence-electron chi connectivity index (χ3n) is 3.12. The summed E-state index contributed by atoms with van der Waals surface area (Å²) in [6.45, 7) is 4.80. The average molecular weight is 322 g/mol. The first kappa shape index (κ1) is 14.1. The molecule has 19 heavy (non-hydrogen) atoms. The molecule has 0 saturated heterocycles. The molecule has 2 aromatic rings. The summed E-state index contributed by atoms with van der Waals surface area (Å²) in [5.74, 6) is -0.181. The summed E-state index contributed by atoms with van der Waals surface area (Å²) in [7, 11) is 0. The smallest absolute Gasteiger partial charge is 0.147 e. The van der Waals surface area contributed by atoms with Crippen molar-refractivity contribution in [3.05, 3.63) is 59.4 Å². The zero-order valence-electron chi connectivity index (χ0n) is 11.2. The first-order valence-electron chi connectivity index (χ1n) is 6.34. The average Bonchev–Trinajstić information content (AvgIpc) is 2.43. The Hall–Kier alpha value is -1.35. The fourth-order valence-electron chi connectivity index (χ4n) is 2.07. The second-order valence-corrected chi connectivity index (χ2v) is 5.06. The van der Waals surface area contributed by atoms with Crippen LogP contribution in [0.2, 0.25) is 0 Å². The van der Waals surface area contributed by atoms with E-state index >= 15 is 0 Å². The van der Waals surface area contributed by atoms with Gasteiger partial charge in [0.25, 0.3) is 0 Å². The predicted octanol–water partition coefficient (Wildman–Crippen LogP) is 5.19. The molecule has 3 heteroatoms. The molecule has 0 saturated carbocycles. The van der Waals surface area contributed by atoms with Gasteiger partial charge in [0.1, 0.15) is 5.82 Å². The molecule has 0 aliphatic heterocycles. The van der Waals surface area contributed by atoms with Gasteiger partial charge >= 0.3 is 0 Å². The Kier molecular flexibility index (Phi) is 4.59. The van der Waals surface area contributed by atoms with Crippen LogP contribution >= 0.6 is 15.9 Å². The maximum atomic E-state index is 14.2. The lowest BCUT2D eigenvalue weighted by molar-refractivity contribution is 0.624. The van der Waals surface area contributed by atoms with E-state index in [1.165, 1.54) is 5.56 Å². The van der Waals surface area contributed by atoms with Gasteiger partial charge in [-0.3, -0.25) is 0 Å². The summed E-state index contributed by atoms with van der Waals surface area (Å²) in [6, 6.07) is 13.5. The van der Waals surface area contributed by atoms with Crippen molar-refractivity contribution in [3.8, 4) is 0 Å². The molecule has 0 N–H and O–H groups in total. The van der Waals surface area contributed by atoms with Crippen molar-refractivity contribution in [1.29, 1.82) is 0 Å². The lowest BCUT2D eigenvalue weighted by Gasteiger charge is -2.24. The van der Waals surface area contributed by atoms with Crippen LogP contribution in [0.15, 0.2) is 42.5 Å². The summed E-state index contributed by atoms with van der Waals surface area (Å²) in [5, 5.41) is 0.668. The fourth-order valence-corrected chi connectivity index (χ4v) is 2.42. The number of hydrogen-bond acceptors (Lipinski definition) is 1. The van der Waals surface area contributed by atoms with E-state index in [1.807, 2.05) is 55.1 Å². The van der Waals surface area contributed by atoms with Gasteiger partial charge in [-0.15, -0.1) is 0 Å². The first-order chi connectivity index (χ1) is 9.15. The van der Waals surface area contributed by atoms with Crippen LogP contribution in [0.4, 0.5) is 15.8 Å². The van der Waals surface area contributed by atoms with Gasteiger partial charge in [0.15, 0.2) is 0 Å². The highest BCUT2D eigenvalue weighted by Gasteiger charge is 2.12.